The minimum Gasteiger partial charge on any atom is -0.456 e. The summed E-state index contributed by atoms with van der Waals surface area (Å²) in [6.45, 7) is 0. The number of hydrogen-bond donors (Lipinski definition) is 0. The molecule has 0 aliphatic heterocycles. The van der Waals surface area contributed by atoms with Crippen LogP contribution in [0.2, 0.25) is 0 Å². The molecule has 0 aliphatic carbocycles. The van der Waals surface area contributed by atoms with Crippen LogP contribution in [0.5, 0.6) is 0 Å². The van der Waals surface area contributed by atoms with Crippen molar-refractivity contribution in [1.29, 1.82) is 0 Å². The second-order valence-electron chi connectivity index (χ2n) is 16.8. The molecule has 310 valence electrons. The summed E-state index contributed by atoms with van der Waals surface area (Å²) in [7, 11) is 0. The molecule has 0 bridgehead atoms. The molecular weight excluding hydrogens is 805 g/mol. The average molecular weight is 845 g/mol. The Morgan fingerprint density at radius 1 is 0.258 bits per heavy atom. The zero-order valence-electron chi connectivity index (χ0n) is 35.8. The smallest absolute Gasteiger partial charge is 0.143 e. The van der Waals surface area contributed by atoms with Crippen molar-refractivity contribution >= 4 is 99.5 Å². The first-order valence-corrected chi connectivity index (χ1v) is 22.4. The maximum absolute atomic E-state index is 7.02. The van der Waals surface area contributed by atoms with Crippen LogP contribution in [0.3, 0.4) is 0 Å². The van der Waals surface area contributed by atoms with Crippen LogP contribution in [0.1, 0.15) is 0 Å². The van der Waals surface area contributed by atoms with Gasteiger partial charge in [0.15, 0.2) is 0 Å². The molecule has 4 nitrogen and oxygen atoms in total. The van der Waals surface area contributed by atoms with E-state index in [2.05, 4.69) is 240 Å². The Morgan fingerprint density at radius 3 is 1.61 bits per heavy atom. The standard InChI is InChI=1S/C62H40N2O2/c1-4-16-42(17-5-1)49-22-12-14-26-57(49)64(45-20-8-3-9-21-45)46-31-28-41(29-32-46)43-30-35-53-55(38-43)50-23-10-11-25-52(50)61-54-36-33-48(40-60(54)66-62(53)61)63(44-18-6-2-7-19-44)47-34-37-59-56(39-47)51-24-13-15-27-58(51)65-59/h1-40H. The number of nitrogens with zero attached hydrogens (tertiary/aromatic N) is 2. The third-order valence-electron chi connectivity index (χ3n) is 13.0. The van der Waals surface area contributed by atoms with Gasteiger partial charge in [-0.2, -0.15) is 0 Å². The summed E-state index contributed by atoms with van der Waals surface area (Å²) in [4.78, 5) is 4.64. The molecule has 0 fully saturated rings. The van der Waals surface area contributed by atoms with Gasteiger partial charge in [-0.15, -0.1) is 0 Å². The van der Waals surface area contributed by atoms with Gasteiger partial charge in [-0.05, 0) is 124 Å². The molecule has 0 saturated heterocycles. The minimum atomic E-state index is 0.840. The van der Waals surface area contributed by atoms with Crippen LogP contribution >= 0.6 is 0 Å². The molecule has 13 rings (SSSR count). The Hall–Kier alpha value is -8.86. The summed E-state index contributed by atoms with van der Waals surface area (Å²) in [6.07, 6.45) is 0. The minimum absolute atomic E-state index is 0.840. The second-order valence-corrected chi connectivity index (χ2v) is 16.8. The van der Waals surface area contributed by atoms with E-state index in [1.165, 1.54) is 21.9 Å². The monoisotopic (exact) mass is 844 g/mol. The van der Waals surface area contributed by atoms with E-state index in [1.807, 2.05) is 12.1 Å². The lowest BCUT2D eigenvalue weighted by molar-refractivity contribution is 0.669. The molecular formula is C62H40N2O2. The van der Waals surface area contributed by atoms with E-state index in [9.17, 15) is 0 Å². The molecule has 0 amide bonds. The van der Waals surface area contributed by atoms with Gasteiger partial charge in [0.25, 0.3) is 0 Å². The Morgan fingerprint density at radius 2 is 0.818 bits per heavy atom. The van der Waals surface area contributed by atoms with E-state index in [1.54, 1.807) is 0 Å². The molecule has 2 aromatic heterocycles. The van der Waals surface area contributed by atoms with Crippen molar-refractivity contribution < 1.29 is 8.83 Å². The summed E-state index contributed by atoms with van der Waals surface area (Å²) >= 11 is 0. The number of benzene rings is 11. The summed E-state index contributed by atoms with van der Waals surface area (Å²) < 4.78 is 13.2. The van der Waals surface area contributed by atoms with Gasteiger partial charge < -0.3 is 18.6 Å². The molecule has 4 heteroatoms. The average Bonchev–Trinajstić information content (AvgIpc) is 3.96. The molecule has 0 N–H and O–H groups in total. The molecule has 2 heterocycles. The number of furan rings is 2. The van der Waals surface area contributed by atoms with Crippen molar-refractivity contribution in [3.05, 3.63) is 243 Å². The zero-order chi connectivity index (χ0) is 43.6. The van der Waals surface area contributed by atoms with Gasteiger partial charge in [0.1, 0.15) is 22.3 Å². The molecule has 0 spiro atoms. The van der Waals surface area contributed by atoms with E-state index in [0.29, 0.717) is 0 Å². The molecule has 11 aromatic carbocycles. The zero-order valence-corrected chi connectivity index (χ0v) is 35.8. The quantitative estimate of drug-likeness (QED) is 0.143. The molecule has 0 unspecified atom stereocenters. The molecule has 13 aromatic rings. The number of fused-ring (bicyclic) bond motifs is 11. The Balaban J connectivity index is 0.919. The second kappa shape index (κ2) is 15.4. The summed E-state index contributed by atoms with van der Waals surface area (Å²) in [5.74, 6) is 0. The first-order valence-electron chi connectivity index (χ1n) is 22.4. The molecule has 0 radical (unpaired) electrons. The normalized spacial score (nSPS) is 11.6. The number of anilines is 6. The SMILES string of the molecule is c1ccc(-c2ccccc2N(c2ccccc2)c2ccc(-c3ccc4c(c3)c3ccccc3c3c5ccc(N(c6ccccc6)c6ccc7oc8ccccc8c7c6)cc5oc43)cc2)cc1. The lowest BCUT2D eigenvalue weighted by atomic mass is 9.94. The Labute approximate surface area is 381 Å². The highest BCUT2D eigenvalue weighted by molar-refractivity contribution is 6.30. The topological polar surface area (TPSA) is 32.8 Å². The van der Waals surface area contributed by atoms with Crippen molar-refractivity contribution in [2.24, 2.45) is 0 Å². The fraction of sp³-hybridized carbons (Fsp3) is 0. The van der Waals surface area contributed by atoms with E-state index in [0.717, 1.165) is 99.9 Å². The fourth-order valence-electron chi connectivity index (χ4n) is 9.98. The van der Waals surface area contributed by atoms with Gasteiger partial charge in [0, 0.05) is 67.0 Å². The van der Waals surface area contributed by atoms with Crippen molar-refractivity contribution in [1.82, 2.24) is 0 Å². The molecule has 0 saturated carbocycles. The number of rotatable bonds is 8. The van der Waals surface area contributed by atoms with Gasteiger partial charge in [-0.25, -0.2) is 0 Å². The highest BCUT2D eigenvalue weighted by Gasteiger charge is 2.21. The Bertz CT molecular complexity index is 3930. The highest BCUT2D eigenvalue weighted by Crippen LogP contribution is 2.46. The summed E-state index contributed by atoms with van der Waals surface area (Å²) in [5, 5.41) is 9.03. The van der Waals surface area contributed by atoms with Gasteiger partial charge in [-0.3, -0.25) is 0 Å². The van der Waals surface area contributed by atoms with Gasteiger partial charge in [-0.1, -0.05) is 146 Å². The van der Waals surface area contributed by atoms with E-state index < -0.39 is 0 Å². The van der Waals surface area contributed by atoms with Crippen molar-refractivity contribution in [2.45, 2.75) is 0 Å². The number of hydrogen-bond acceptors (Lipinski definition) is 4. The van der Waals surface area contributed by atoms with Crippen LogP contribution in [-0.2, 0) is 0 Å². The van der Waals surface area contributed by atoms with Crippen LogP contribution in [0.4, 0.5) is 34.1 Å². The summed E-state index contributed by atoms with van der Waals surface area (Å²) in [5.41, 5.74) is 14.6. The third kappa shape index (κ3) is 6.22. The van der Waals surface area contributed by atoms with Crippen LogP contribution in [0.15, 0.2) is 251 Å². The van der Waals surface area contributed by atoms with Crippen LogP contribution in [0.25, 0.3) is 87.7 Å². The first-order chi connectivity index (χ1) is 32.7. The Kier molecular flexibility index (Phi) is 8.81. The van der Waals surface area contributed by atoms with E-state index in [4.69, 9.17) is 8.83 Å². The van der Waals surface area contributed by atoms with Crippen LogP contribution in [0, 0.1) is 0 Å². The van der Waals surface area contributed by atoms with Crippen molar-refractivity contribution in [2.75, 3.05) is 9.80 Å². The lowest BCUT2D eigenvalue weighted by Gasteiger charge is -2.28. The molecule has 0 atom stereocenters. The van der Waals surface area contributed by atoms with E-state index in [-0.39, 0.29) is 0 Å². The van der Waals surface area contributed by atoms with Gasteiger partial charge in [0.2, 0.25) is 0 Å². The first kappa shape index (κ1) is 37.7. The fourth-order valence-corrected chi connectivity index (χ4v) is 9.98. The van der Waals surface area contributed by atoms with Crippen LogP contribution < -0.4 is 9.80 Å². The largest absolute Gasteiger partial charge is 0.456 e. The predicted octanol–water partition coefficient (Wildman–Crippen LogP) is 18.1. The number of para-hydroxylation sites is 4. The summed E-state index contributed by atoms with van der Waals surface area (Å²) in [6, 6.07) is 86.2. The molecule has 0 aliphatic rings. The van der Waals surface area contributed by atoms with Gasteiger partial charge in [0.05, 0.1) is 5.69 Å². The predicted molar refractivity (Wildman–Crippen MR) is 276 cm³/mol. The third-order valence-corrected chi connectivity index (χ3v) is 13.0. The van der Waals surface area contributed by atoms with E-state index >= 15 is 0 Å². The van der Waals surface area contributed by atoms with Gasteiger partial charge >= 0.3 is 0 Å². The van der Waals surface area contributed by atoms with Crippen LogP contribution in [-0.4, -0.2) is 0 Å². The maximum Gasteiger partial charge on any atom is 0.143 e. The van der Waals surface area contributed by atoms with Crippen molar-refractivity contribution in [3.8, 4) is 22.3 Å². The lowest BCUT2D eigenvalue weighted by Crippen LogP contribution is -2.11. The molecule has 66 heavy (non-hydrogen) atoms. The van der Waals surface area contributed by atoms with Crippen molar-refractivity contribution in [3.63, 3.8) is 0 Å². The highest BCUT2D eigenvalue weighted by atomic mass is 16.3. The maximum atomic E-state index is 7.02.